The van der Waals surface area contributed by atoms with Crippen LogP contribution in [0, 0.1) is 46.3 Å². The molecule has 4 aliphatic rings. The Labute approximate surface area is 188 Å². The molecule has 4 rings (SSSR count). The van der Waals surface area contributed by atoms with Gasteiger partial charge >= 0.3 is 5.97 Å². The van der Waals surface area contributed by atoms with Gasteiger partial charge in [-0.2, -0.15) is 0 Å². The van der Waals surface area contributed by atoms with E-state index in [0.717, 1.165) is 38.5 Å². The van der Waals surface area contributed by atoms with E-state index >= 15 is 0 Å². The summed E-state index contributed by atoms with van der Waals surface area (Å²) in [6, 6.07) is 0. The van der Waals surface area contributed by atoms with Crippen molar-refractivity contribution in [3.63, 3.8) is 0 Å². The summed E-state index contributed by atoms with van der Waals surface area (Å²) in [5.41, 5.74) is 1.76. The third-order valence-electron chi connectivity index (χ3n) is 10.6. The van der Waals surface area contributed by atoms with Crippen molar-refractivity contribution in [2.75, 3.05) is 0 Å². The summed E-state index contributed by atoms with van der Waals surface area (Å²) < 4.78 is 0. The number of aliphatic hydroxyl groups excluding tert-OH is 2. The van der Waals surface area contributed by atoms with E-state index in [-0.39, 0.29) is 29.0 Å². The summed E-state index contributed by atoms with van der Waals surface area (Å²) in [7, 11) is 0. The standard InChI is InChI=1S/C27H44O4/c1-16(6-5-7-17(2)25(30)31)20-8-9-21-24-22(11-13-27(20,21)4)26(3)12-10-19(28)14-18(26)15-23(24)29/h15-17,19-24,28-29H,5-14H2,1-4H3,(H,30,31)/t16?,17?,19-,20+,21-,22-,23+,24-,26-,27+/m0/s1. The molecule has 3 saturated carbocycles. The first-order valence-corrected chi connectivity index (χ1v) is 12.9. The zero-order chi connectivity index (χ0) is 22.6. The molecule has 0 saturated heterocycles. The maximum absolute atomic E-state index is 11.3. The Morgan fingerprint density at radius 2 is 1.81 bits per heavy atom. The molecule has 0 heterocycles. The molecule has 0 aromatic carbocycles. The van der Waals surface area contributed by atoms with E-state index < -0.39 is 5.97 Å². The number of carbonyl (C=O) groups is 1. The molecule has 31 heavy (non-hydrogen) atoms. The topological polar surface area (TPSA) is 77.8 Å². The summed E-state index contributed by atoms with van der Waals surface area (Å²) in [5, 5.41) is 30.6. The molecule has 0 aliphatic heterocycles. The van der Waals surface area contributed by atoms with E-state index in [1.54, 1.807) is 0 Å². The van der Waals surface area contributed by atoms with Crippen molar-refractivity contribution in [2.24, 2.45) is 46.3 Å². The van der Waals surface area contributed by atoms with Gasteiger partial charge in [0.1, 0.15) is 0 Å². The predicted octanol–water partition coefficient (Wildman–Crippen LogP) is 5.42. The lowest BCUT2D eigenvalue weighted by Crippen LogP contribution is -2.54. The molecule has 0 aromatic rings. The number of aliphatic carboxylic acids is 1. The number of hydrogen-bond acceptors (Lipinski definition) is 3. The van der Waals surface area contributed by atoms with Gasteiger partial charge in [-0.05, 0) is 91.8 Å². The molecule has 4 aliphatic carbocycles. The zero-order valence-electron chi connectivity index (χ0n) is 20.0. The fraction of sp³-hybridized carbons (Fsp3) is 0.889. The van der Waals surface area contributed by atoms with Crippen LogP contribution in [0.3, 0.4) is 0 Å². The third-order valence-corrected chi connectivity index (χ3v) is 10.6. The van der Waals surface area contributed by atoms with Crippen molar-refractivity contribution in [3.05, 3.63) is 11.6 Å². The summed E-state index contributed by atoms with van der Waals surface area (Å²) in [6.45, 7) is 9.11. The second kappa shape index (κ2) is 8.48. The van der Waals surface area contributed by atoms with Gasteiger partial charge in [-0.25, -0.2) is 0 Å². The molecule has 0 spiro atoms. The summed E-state index contributed by atoms with van der Waals surface area (Å²) >= 11 is 0. The van der Waals surface area contributed by atoms with E-state index in [9.17, 15) is 15.0 Å². The molecular weight excluding hydrogens is 388 g/mol. The molecule has 0 radical (unpaired) electrons. The van der Waals surface area contributed by atoms with Gasteiger partial charge in [0.05, 0.1) is 18.1 Å². The number of fused-ring (bicyclic) bond motifs is 5. The van der Waals surface area contributed by atoms with Crippen LogP contribution in [0.5, 0.6) is 0 Å². The molecule has 0 aromatic heterocycles. The molecule has 176 valence electrons. The van der Waals surface area contributed by atoms with Gasteiger partial charge in [-0.1, -0.05) is 52.2 Å². The van der Waals surface area contributed by atoms with Crippen LogP contribution in [-0.2, 0) is 4.79 Å². The van der Waals surface area contributed by atoms with E-state index in [1.165, 1.54) is 31.3 Å². The van der Waals surface area contributed by atoms with Crippen LogP contribution in [0.25, 0.3) is 0 Å². The van der Waals surface area contributed by atoms with Crippen LogP contribution < -0.4 is 0 Å². The van der Waals surface area contributed by atoms with Gasteiger partial charge in [0.15, 0.2) is 0 Å². The van der Waals surface area contributed by atoms with Crippen molar-refractivity contribution >= 4 is 5.97 Å². The van der Waals surface area contributed by atoms with E-state index in [2.05, 4.69) is 26.8 Å². The Morgan fingerprint density at radius 1 is 1.06 bits per heavy atom. The van der Waals surface area contributed by atoms with Crippen LogP contribution in [-0.4, -0.2) is 33.5 Å². The molecule has 2 unspecified atom stereocenters. The van der Waals surface area contributed by atoms with Gasteiger partial charge in [0.2, 0.25) is 0 Å². The van der Waals surface area contributed by atoms with Gasteiger partial charge in [0.25, 0.3) is 0 Å². The van der Waals surface area contributed by atoms with Crippen LogP contribution in [0.4, 0.5) is 0 Å². The number of hydrogen-bond donors (Lipinski definition) is 3. The number of carboxylic acid groups (broad SMARTS) is 1. The van der Waals surface area contributed by atoms with Crippen LogP contribution in [0.1, 0.15) is 91.9 Å². The first-order chi connectivity index (χ1) is 14.6. The highest BCUT2D eigenvalue weighted by Gasteiger charge is 2.61. The zero-order valence-corrected chi connectivity index (χ0v) is 20.0. The van der Waals surface area contributed by atoms with E-state index in [1.807, 2.05) is 6.92 Å². The maximum Gasteiger partial charge on any atom is 0.306 e. The lowest BCUT2D eigenvalue weighted by molar-refractivity contribution is -0.141. The number of rotatable bonds is 6. The molecule has 3 N–H and O–H groups in total. The number of aliphatic hydroxyl groups is 2. The molecule has 10 atom stereocenters. The average Bonchev–Trinajstić information content (AvgIpc) is 3.06. The first-order valence-electron chi connectivity index (χ1n) is 12.9. The quantitative estimate of drug-likeness (QED) is 0.490. The second-order valence-corrected chi connectivity index (χ2v) is 12.2. The molecular formula is C27H44O4. The lowest BCUT2D eigenvalue weighted by Gasteiger charge is -2.59. The minimum absolute atomic E-state index is 0.154. The Bertz CT molecular complexity index is 716. The SMILES string of the molecule is CC(CCCC(C)[C@H]1CC[C@H]2[C@@H]3[C@H](O)C=C4C[C@@H](O)CC[C@]4(C)[C@H]3CC[C@]12C)C(=O)O. The summed E-state index contributed by atoms with van der Waals surface area (Å²) in [4.78, 5) is 11.1. The van der Waals surface area contributed by atoms with Gasteiger partial charge < -0.3 is 15.3 Å². The predicted molar refractivity (Wildman–Crippen MR) is 122 cm³/mol. The highest BCUT2D eigenvalue weighted by Crippen LogP contribution is 2.67. The van der Waals surface area contributed by atoms with Crippen LogP contribution in [0.2, 0.25) is 0 Å². The van der Waals surface area contributed by atoms with Gasteiger partial charge in [-0.15, -0.1) is 0 Å². The summed E-state index contributed by atoms with van der Waals surface area (Å²) in [5.74, 6) is 1.83. The molecule has 4 nitrogen and oxygen atoms in total. The highest BCUT2D eigenvalue weighted by molar-refractivity contribution is 5.69. The van der Waals surface area contributed by atoms with E-state index in [4.69, 9.17) is 5.11 Å². The van der Waals surface area contributed by atoms with Crippen LogP contribution in [0.15, 0.2) is 11.6 Å². The van der Waals surface area contributed by atoms with Gasteiger partial charge in [0, 0.05) is 0 Å². The minimum Gasteiger partial charge on any atom is -0.481 e. The maximum atomic E-state index is 11.3. The normalized spacial score (nSPS) is 46.3. The van der Waals surface area contributed by atoms with Crippen molar-refractivity contribution < 1.29 is 20.1 Å². The van der Waals surface area contributed by atoms with Crippen LogP contribution >= 0.6 is 0 Å². The summed E-state index contributed by atoms with van der Waals surface area (Å²) in [6.07, 6.45) is 12.0. The van der Waals surface area contributed by atoms with Crippen molar-refractivity contribution in [3.8, 4) is 0 Å². The Hall–Kier alpha value is -0.870. The van der Waals surface area contributed by atoms with Crippen molar-refractivity contribution in [1.29, 1.82) is 0 Å². The Kier molecular flexibility index (Phi) is 6.37. The minimum atomic E-state index is -0.679. The molecule has 0 amide bonds. The fourth-order valence-corrected chi connectivity index (χ4v) is 8.68. The average molecular weight is 433 g/mol. The van der Waals surface area contributed by atoms with Crippen molar-refractivity contribution in [1.82, 2.24) is 0 Å². The first kappa shape index (κ1) is 23.3. The molecule has 3 fully saturated rings. The Balaban J connectivity index is 1.48. The highest BCUT2D eigenvalue weighted by atomic mass is 16.4. The molecule has 4 heteroatoms. The fourth-order valence-electron chi connectivity index (χ4n) is 8.68. The Morgan fingerprint density at radius 3 is 2.52 bits per heavy atom. The monoisotopic (exact) mass is 432 g/mol. The second-order valence-electron chi connectivity index (χ2n) is 12.2. The van der Waals surface area contributed by atoms with E-state index in [0.29, 0.717) is 29.6 Å². The lowest BCUT2D eigenvalue weighted by atomic mass is 9.46. The van der Waals surface area contributed by atoms with Crippen molar-refractivity contribution in [2.45, 2.75) is 104 Å². The number of carboxylic acids is 1. The smallest absolute Gasteiger partial charge is 0.306 e. The van der Waals surface area contributed by atoms with Gasteiger partial charge in [-0.3, -0.25) is 4.79 Å². The largest absolute Gasteiger partial charge is 0.481 e. The molecule has 0 bridgehead atoms. The third kappa shape index (κ3) is 3.90.